The number of anilines is 3. The van der Waals surface area contributed by atoms with Gasteiger partial charge in [0.2, 0.25) is 0 Å². The first kappa shape index (κ1) is 19.0. The van der Waals surface area contributed by atoms with E-state index < -0.39 is 0 Å². The summed E-state index contributed by atoms with van der Waals surface area (Å²) in [6.45, 7) is 2.02. The number of para-hydroxylation sites is 1. The molecule has 0 spiro atoms. The van der Waals surface area contributed by atoms with E-state index in [-0.39, 0.29) is 12.6 Å². The minimum atomic E-state index is -0.373. The average molecular weight is 426 g/mol. The normalized spacial score (nSPS) is 10.3. The third-order valence-electron chi connectivity index (χ3n) is 3.86. The lowest BCUT2D eigenvalue weighted by molar-refractivity contribution is -0.145. The van der Waals surface area contributed by atoms with Crippen LogP contribution in [-0.4, -0.2) is 19.2 Å². The maximum atomic E-state index is 11.4. The summed E-state index contributed by atoms with van der Waals surface area (Å²) in [4.78, 5) is 13.6. The molecule has 0 radical (unpaired) electrons. The minimum absolute atomic E-state index is 0.0949. The van der Waals surface area contributed by atoms with Crippen LogP contribution in [0.15, 0.2) is 83.3 Å². The van der Waals surface area contributed by atoms with Gasteiger partial charge in [-0.2, -0.15) is 0 Å². The number of carbonyl (C=O) groups excluding carboxylic acids is 1. The van der Waals surface area contributed by atoms with Crippen LogP contribution in [0.4, 0.5) is 17.1 Å². The van der Waals surface area contributed by atoms with Crippen LogP contribution < -0.4 is 9.64 Å². The van der Waals surface area contributed by atoms with Gasteiger partial charge in [-0.15, -0.1) is 0 Å². The number of halogens is 1. The fourth-order valence-electron chi connectivity index (χ4n) is 2.65. The first-order valence-electron chi connectivity index (χ1n) is 8.66. The van der Waals surface area contributed by atoms with Crippen molar-refractivity contribution in [3.05, 3.63) is 83.3 Å². The molecule has 0 heterocycles. The number of carbonyl (C=O) groups is 1. The molecule has 0 saturated carbocycles. The summed E-state index contributed by atoms with van der Waals surface area (Å²) in [6, 6.07) is 25.9. The summed E-state index contributed by atoms with van der Waals surface area (Å²) in [6.07, 6.45) is 0. The van der Waals surface area contributed by atoms with E-state index in [1.807, 2.05) is 54.6 Å². The summed E-state index contributed by atoms with van der Waals surface area (Å²) in [5.41, 5.74) is 3.09. The molecular weight excluding hydrogens is 406 g/mol. The zero-order valence-electron chi connectivity index (χ0n) is 15.0. The molecule has 0 bridgehead atoms. The Hall–Kier alpha value is -2.79. The van der Waals surface area contributed by atoms with E-state index in [1.165, 1.54) is 0 Å². The van der Waals surface area contributed by atoms with Crippen LogP contribution in [0.2, 0.25) is 0 Å². The summed E-state index contributed by atoms with van der Waals surface area (Å²) in [7, 11) is 0. The predicted molar refractivity (Wildman–Crippen MR) is 111 cm³/mol. The lowest BCUT2D eigenvalue weighted by Crippen LogP contribution is -2.14. The molecule has 3 aromatic carbocycles. The molecule has 0 aliphatic heterocycles. The summed E-state index contributed by atoms with van der Waals surface area (Å²) in [5, 5.41) is 0. The first-order chi connectivity index (χ1) is 13.2. The standard InChI is InChI=1S/C22H20BrNO3/c1-2-26-22(25)16-27-21-14-12-20(13-15-21)24(18-6-4-3-5-7-18)19-10-8-17(23)9-11-19/h3-15H,2,16H2,1H3. The van der Waals surface area contributed by atoms with E-state index in [0.717, 1.165) is 21.5 Å². The van der Waals surface area contributed by atoms with Crippen LogP contribution >= 0.6 is 15.9 Å². The van der Waals surface area contributed by atoms with Gasteiger partial charge in [0.1, 0.15) is 5.75 Å². The second kappa shape index (κ2) is 9.24. The van der Waals surface area contributed by atoms with Crippen LogP contribution in [0.3, 0.4) is 0 Å². The second-order valence-electron chi connectivity index (χ2n) is 5.73. The Labute approximate surface area is 167 Å². The van der Waals surface area contributed by atoms with Gasteiger partial charge in [0.25, 0.3) is 0 Å². The van der Waals surface area contributed by atoms with Crippen LogP contribution in [0.5, 0.6) is 5.75 Å². The van der Waals surface area contributed by atoms with Gasteiger partial charge in [-0.1, -0.05) is 34.1 Å². The summed E-state index contributed by atoms with van der Waals surface area (Å²) >= 11 is 3.48. The Morgan fingerprint density at radius 2 is 1.41 bits per heavy atom. The van der Waals surface area contributed by atoms with Crippen molar-refractivity contribution in [2.24, 2.45) is 0 Å². The maximum Gasteiger partial charge on any atom is 0.344 e. The molecule has 4 nitrogen and oxygen atoms in total. The average Bonchev–Trinajstić information content (AvgIpc) is 2.70. The van der Waals surface area contributed by atoms with Crippen LogP contribution in [0.1, 0.15) is 6.92 Å². The molecule has 138 valence electrons. The van der Waals surface area contributed by atoms with Crippen LogP contribution in [0, 0.1) is 0 Å². The monoisotopic (exact) mass is 425 g/mol. The van der Waals surface area contributed by atoms with Crippen molar-refractivity contribution in [2.75, 3.05) is 18.1 Å². The molecule has 3 aromatic rings. The molecule has 0 saturated heterocycles. The maximum absolute atomic E-state index is 11.4. The molecule has 0 aliphatic rings. The Bertz CT molecular complexity index is 864. The number of hydrogen-bond donors (Lipinski definition) is 0. The van der Waals surface area contributed by atoms with Crippen molar-refractivity contribution < 1.29 is 14.3 Å². The molecule has 0 amide bonds. The molecule has 0 unspecified atom stereocenters. The zero-order valence-corrected chi connectivity index (χ0v) is 16.6. The van der Waals surface area contributed by atoms with Crippen molar-refractivity contribution in [1.82, 2.24) is 0 Å². The highest BCUT2D eigenvalue weighted by Crippen LogP contribution is 2.35. The third kappa shape index (κ3) is 5.11. The highest BCUT2D eigenvalue weighted by molar-refractivity contribution is 9.10. The molecule has 0 N–H and O–H groups in total. The fourth-order valence-corrected chi connectivity index (χ4v) is 2.92. The summed E-state index contributed by atoms with van der Waals surface area (Å²) in [5.74, 6) is 0.248. The predicted octanol–water partition coefficient (Wildman–Crippen LogP) is 5.86. The Morgan fingerprint density at radius 1 is 0.852 bits per heavy atom. The SMILES string of the molecule is CCOC(=O)COc1ccc(N(c2ccccc2)c2ccc(Br)cc2)cc1. The second-order valence-corrected chi connectivity index (χ2v) is 6.65. The quantitative estimate of drug-likeness (QED) is 0.444. The molecule has 5 heteroatoms. The number of esters is 1. The van der Waals surface area contributed by atoms with Gasteiger partial charge in [0.15, 0.2) is 6.61 Å². The smallest absolute Gasteiger partial charge is 0.344 e. The Morgan fingerprint density at radius 3 is 2.00 bits per heavy atom. The molecule has 0 aliphatic carbocycles. The Kier molecular flexibility index (Phi) is 6.49. The van der Waals surface area contributed by atoms with Crippen molar-refractivity contribution in [3.63, 3.8) is 0 Å². The molecule has 0 aromatic heterocycles. The van der Waals surface area contributed by atoms with Crippen molar-refractivity contribution in [2.45, 2.75) is 6.92 Å². The van der Waals surface area contributed by atoms with Gasteiger partial charge in [-0.3, -0.25) is 0 Å². The third-order valence-corrected chi connectivity index (χ3v) is 4.38. The van der Waals surface area contributed by atoms with Crippen LogP contribution in [-0.2, 0) is 9.53 Å². The number of ether oxygens (including phenoxy) is 2. The number of nitrogens with zero attached hydrogens (tertiary/aromatic N) is 1. The molecule has 3 rings (SSSR count). The van der Waals surface area contributed by atoms with E-state index in [4.69, 9.17) is 9.47 Å². The van der Waals surface area contributed by atoms with E-state index in [2.05, 4.69) is 45.1 Å². The van der Waals surface area contributed by atoms with E-state index in [0.29, 0.717) is 12.4 Å². The van der Waals surface area contributed by atoms with Gasteiger partial charge < -0.3 is 14.4 Å². The topological polar surface area (TPSA) is 38.8 Å². The zero-order chi connectivity index (χ0) is 19.1. The number of hydrogen-bond acceptors (Lipinski definition) is 4. The highest BCUT2D eigenvalue weighted by Gasteiger charge is 2.12. The molecular formula is C22H20BrNO3. The minimum Gasteiger partial charge on any atom is -0.482 e. The fraction of sp³-hybridized carbons (Fsp3) is 0.136. The number of benzene rings is 3. The van der Waals surface area contributed by atoms with Crippen molar-refractivity contribution in [1.29, 1.82) is 0 Å². The lowest BCUT2D eigenvalue weighted by Gasteiger charge is -2.25. The van der Waals surface area contributed by atoms with Gasteiger partial charge in [0, 0.05) is 21.5 Å². The van der Waals surface area contributed by atoms with Crippen LogP contribution in [0.25, 0.3) is 0 Å². The van der Waals surface area contributed by atoms with E-state index in [9.17, 15) is 4.79 Å². The molecule has 27 heavy (non-hydrogen) atoms. The lowest BCUT2D eigenvalue weighted by atomic mass is 10.2. The van der Waals surface area contributed by atoms with Gasteiger partial charge >= 0.3 is 5.97 Å². The van der Waals surface area contributed by atoms with Gasteiger partial charge in [-0.05, 0) is 67.6 Å². The number of rotatable bonds is 7. The molecule has 0 fully saturated rings. The largest absolute Gasteiger partial charge is 0.482 e. The molecule has 0 atom stereocenters. The highest BCUT2D eigenvalue weighted by atomic mass is 79.9. The van der Waals surface area contributed by atoms with Crippen molar-refractivity contribution in [3.8, 4) is 5.75 Å². The van der Waals surface area contributed by atoms with E-state index in [1.54, 1.807) is 6.92 Å². The van der Waals surface area contributed by atoms with Gasteiger partial charge in [-0.25, -0.2) is 4.79 Å². The first-order valence-corrected chi connectivity index (χ1v) is 9.46. The van der Waals surface area contributed by atoms with Crippen molar-refractivity contribution >= 4 is 39.0 Å². The Balaban J connectivity index is 1.84. The van der Waals surface area contributed by atoms with E-state index >= 15 is 0 Å². The van der Waals surface area contributed by atoms with Gasteiger partial charge in [0.05, 0.1) is 6.61 Å². The summed E-state index contributed by atoms with van der Waals surface area (Å²) < 4.78 is 11.4.